The predicted octanol–water partition coefficient (Wildman–Crippen LogP) is 2.69. The van der Waals surface area contributed by atoms with Crippen LogP contribution in [0.15, 0.2) is 11.1 Å². The Bertz CT molecular complexity index is 493. The lowest BCUT2D eigenvalue weighted by molar-refractivity contribution is 0.144. The highest BCUT2D eigenvalue weighted by Gasteiger charge is 2.24. The zero-order chi connectivity index (χ0) is 11.8. The molecule has 0 atom stereocenters. The first-order valence-corrected chi connectivity index (χ1v) is 6.70. The van der Waals surface area contributed by atoms with E-state index in [1.165, 1.54) is 22.6 Å². The van der Waals surface area contributed by atoms with E-state index in [0.717, 1.165) is 0 Å². The summed E-state index contributed by atoms with van der Waals surface area (Å²) < 4.78 is 58.7. The highest BCUT2D eigenvalue weighted by atomic mass is 127. The van der Waals surface area contributed by atoms with Crippen molar-refractivity contribution in [2.75, 3.05) is 0 Å². The van der Waals surface area contributed by atoms with E-state index in [9.17, 15) is 21.6 Å². The van der Waals surface area contributed by atoms with Crippen LogP contribution in [0.5, 0.6) is 0 Å². The molecule has 84 valence electrons. The molecule has 0 radical (unpaired) electrons. The molecule has 0 aliphatic rings. The van der Waals surface area contributed by atoms with Crippen LogP contribution >= 0.6 is 33.3 Å². The van der Waals surface area contributed by atoms with Gasteiger partial charge in [0.2, 0.25) is 0 Å². The van der Waals surface area contributed by atoms with Gasteiger partial charge in [0, 0.05) is 10.7 Å². The second kappa shape index (κ2) is 4.42. The van der Waals surface area contributed by atoms with Crippen molar-refractivity contribution in [3.63, 3.8) is 0 Å². The summed E-state index contributed by atoms with van der Waals surface area (Å²) in [7, 11) is 0.556. The summed E-state index contributed by atoms with van der Waals surface area (Å²) in [6.45, 7) is 0. The number of halogens is 5. The molecule has 0 amide bonds. The fourth-order valence-electron chi connectivity index (χ4n) is 0.784. The van der Waals surface area contributed by atoms with Crippen molar-refractivity contribution in [3.8, 4) is 0 Å². The minimum absolute atomic E-state index is 0.474. The van der Waals surface area contributed by atoms with Crippen molar-refractivity contribution < 1.29 is 21.6 Å². The molecule has 0 aromatic carbocycles. The largest absolute Gasteiger partial charge is 0.281 e. The number of hydrogen-bond donors (Lipinski definition) is 0. The molecular weight excluding hydrogens is 369 g/mol. The molecule has 1 heterocycles. The van der Waals surface area contributed by atoms with Crippen LogP contribution in [0.1, 0.15) is 12.1 Å². The predicted molar refractivity (Wildman–Crippen MR) is 54.9 cm³/mol. The zero-order valence-electron chi connectivity index (χ0n) is 6.72. The van der Waals surface area contributed by atoms with E-state index in [0.29, 0.717) is 6.20 Å². The number of hydrogen-bond acceptors (Lipinski definition) is 3. The van der Waals surface area contributed by atoms with Gasteiger partial charge in [-0.3, -0.25) is 4.98 Å². The van der Waals surface area contributed by atoms with Gasteiger partial charge in [0.25, 0.3) is 15.5 Å². The Morgan fingerprint density at radius 1 is 1.47 bits per heavy atom. The molecule has 0 saturated carbocycles. The first-order valence-electron chi connectivity index (χ1n) is 3.32. The van der Waals surface area contributed by atoms with E-state index in [1.807, 2.05) is 0 Å². The Hall–Kier alpha value is -0.0900. The molecule has 9 heteroatoms. The first-order chi connectivity index (χ1) is 6.75. The van der Waals surface area contributed by atoms with Gasteiger partial charge in [-0.25, -0.2) is 21.6 Å². The standard InChI is InChI=1S/C6H2ClF3INO2S/c7-15(13,14)2-1-12-5(6(9)10)4(11)3(2)8/h1,6H. The van der Waals surface area contributed by atoms with Gasteiger partial charge < -0.3 is 0 Å². The molecule has 0 bridgehead atoms. The number of alkyl halides is 2. The Labute approximate surface area is 101 Å². The third-order valence-corrected chi connectivity index (χ3v) is 3.76. The summed E-state index contributed by atoms with van der Waals surface area (Å²) in [5.74, 6) is -1.31. The first kappa shape index (κ1) is 13.0. The summed E-state index contributed by atoms with van der Waals surface area (Å²) >= 11 is 1.25. The minimum Gasteiger partial charge on any atom is -0.253 e. The van der Waals surface area contributed by atoms with E-state index in [4.69, 9.17) is 10.7 Å². The normalized spacial score (nSPS) is 12.1. The van der Waals surface area contributed by atoms with Crippen LogP contribution in [-0.4, -0.2) is 13.4 Å². The van der Waals surface area contributed by atoms with E-state index in [2.05, 4.69) is 4.98 Å². The molecule has 1 aromatic rings. The van der Waals surface area contributed by atoms with E-state index in [-0.39, 0.29) is 0 Å². The van der Waals surface area contributed by atoms with Crippen molar-refractivity contribution in [1.29, 1.82) is 0 Å². The minimum atomic E-state index is -4.31. The summed E-state index contributed by atoms with van der Waals surface area (Å²) in [5, 5.41) is 0. The van der Waals surface area contributed by atoms with Gasteiger partial charge in [0.15, 0.2) is 5.82 Å². The van der Waals surface area contributed by atoms with Crippen LogP contribution < -0.4 is 0 Å². The topological polar surface area (TPSA) is 47.0 Å². The van der Waals surface area contributed by atoms with Gasteiger partial charge in [-0.05, 0) is 22.6 Å². The lowest BCUT2D eigenvalue weighted by Gasteiger charge is -2.05. The van der Waals surface area contributed by atoms with Crippen LogP contribution in [0.3, 0.4) is 0 Å². The number of nitrogens with zero attached hydrogens (tertiary/aromatic N) is 1. The van der Waals surface area contributed by atoms with Crippen LogP contribution in [0, 0.1) is 9.39 Å². The fraction of sp³-hybridized carbons (Fsp3) is 0.167. The number of rotatable bonds is 2. The van der Waals surface area contributed by atoms with Crippen LogP contribution in [0.4, 0.5) is 13.2 Å². The monoisotopic (exact) mass is 371 g/mol. The average molecular weight is 372 g/mol. The van der Waals surface area contributed by atoms with Crippen LogP contribution in [0.25, 0.3) is 0 Å². The molecule has 0 saturated heterocycles. The van der Waals surface area contributed by atoms with Crippen LogP contribution in [0.2, 0.25) is 0 Å². The highest BCUT2D eigenvalue weighted by molar-refractivity contribution is 14.1. The summed E-state index contributed by atoms with van der Waals surface area (Å²) in [4.78, 5) is 2.24. The SMILES string of the molecule is O=S(=O)(Cl)c1cnc(C(F)F)c(I)c1F. The third kappa shape index (κ3) is 2.72. The van der Waals surface area contributed by atoms with Gasteiger partial charge in [-0.1, -0.05) is 0 Å². The summed E-state index contributed by atoms with van der Waals surface area (Å²) in [5.41, 5.74) is -0.808. The van der Waals surface area contributed by atoms with Crippen molar-refractivity contribution in [3.05, 3.63) is 21.3 Å². The molecule has 15 heavy (non-hydrogen) atoms. The van der Waals surface area contributed by atoms with Gasteiger partial charge in [-0.2, -0.15) is 0 Å². The maximum atomic E-state index is 13.3. The Morgan fingerprint density at radius 2 is 2.00 bits per heavy atom. The Morgan fingerprint density at radius 3 is 2.40 bits per heavy atom. The molecule has 0 aliphatic heterocycles. The molecule has 0 spiro atoms. The van der Waals surface area contributed by atoms with Gasteiger partial charge in [0.1, 0.15) is 10.6 Å². The van der Waals surface area contributed by atoms with Crippen molar-refractivity contribution >= 4 is 42.3 Å². The van der Waals surface area contributed by atoms with Gasteiger partial charge >= 0.3 is 0 Å². The lowest BCUT2D eigenvalue weighted by Crippen LogP contribution is -2.04. The third-order valence-electron chi connectivity index (χ3n) is 1.42. The molecule has 0 N–H and O–H groups in total. The summed E-state index contributed by atoms with van der Waals surface area (Å²) in [6, 6.07) is 0. The van der Waals surface area contributed by atoms with Gasteiger partial charge in [-0.15, -0.1) is 0 Å². The van der Waals surface area contributed by atoms with E-state index >= 15 is 0 Å². The number of pyridine rings is 1. The van der Waals surface area contributed by atoms with E-state index < -0.39 is 35.5 Å². The maximum absolute atomic E-state index is 13.3. The number of aromatic nitrogens is 1. The molecule has 0 fully saturated rings. The molecule has 3 nitrogen and oxygen atoms in total. The summed E-state index contributed by atoms with van der Waals surface area (Å²) in [6.07, 6.45) is -2.50. The average Bonchev–Trinajstić information content (AvgIpc) is 2.06. The second-order valence-electron chi connectivity index (χ2n) is 2.37. The zero-order valence-corrected chi connectivity index (χ0v) is 10.4. The Balaban J connectivity index is 3.48. The second-order valence-corrected chi connectivity index (χ2v) is 5.99. The van der Waals surface area contributed by atoms with Crippen LogP contribution in [-0.2, 0) is 9.05 Å². The maximum Gasteiger partial charge on any atom is 0.281 e. The van der Waals surface area contributed by atoms with Crippen molar-refractivity contribution in [1.82, 2.24) is 4.98 Å². The smallest absolute Gasteiger partial charge is 0.253 e. The molecule has 0 unspecified atom stereocenters. The molecular formula is C6H2ClF3INO2S. The van der Waals surface area contributed by atoms with Crippen molar-refractivity contribution in [2.24, 2.45) is 0 Å². The van der Waals surface area contributed by atoms with Gasteiger partial charge in [0.05, 0.1) is 9.77 Å². The lowest BCUT2D eigenvalue weighted by atomic mass is 10.3. The molecule has 0 aliphatic carbocycles. The van der Waals surface area contributed by atoms with E-state index in [1.54, 1.807) is 0 Å². The molecule has 1 rings (SSSR count). The molecule has 1 aromatic heterocycles. The Kier molecular flexibility index (Phi) is 3.82. The van der Waals surface area contributed by atoms with Crippen molar-refractivity contribution in [2.45, 2.75) is 11.3 Å². The highest BCUT2D eigenvalue weighted by Crippen LogP contribution is 2.28. The fourth-order valence-corrected chi connectivity index (χ4v) is 2.45. The quantitative estimate of drug-likeness (QED) is 0.593.